The minimum atomic E-state index is -0.0770. The average Bonchev–Trinajstić information content (AvgIpc) is 3.17. The molecule has 6 heteroatoms. The summed E-state index contributed by atoms with van der Waals surface area (Å²) in [4.78, 5) is 16.3. The fourth-order valence-corrected chi connectivity index (χ4v) is 4.46. The molecule has 6 nitrogen and oxygen atoms in total. The first-order valence-electron chi connectivity index (χ1n) is 9.96. The van der Waals surface area contributed by atoms with Crippen molar-refractivity contribution in [2.75, 3.05) is 26.8 Å². The lowest BCUT2D eigenvalue weighted by Crippen LogP contribution is -2.40. The third-order valence-corrected chi connectivity index (χ3v) is 5.90. The summed E-state index contributed by atoms with van der Waals surface area (Å²) >= 11 is 0. The van der Waals surface area contributed by atoms with Crippen molar-refractivity contribution in [3.05, 3.63) is 71.8 Å². The predicted molar refractivity (Wildman–Crippen MR) is 109 cm³/mol. The molecule has 1 spiro atoms. The Hall–Kier alpha value is -2.83. The van der Waals surface area contributed by atoms with Crippen molar-refractivity contribution in [3.8, 4) is 17.1 Å². The first-order chi connectivity index (χ1) is 14.3. The third-order valence-electron chi connectivity index (χ3n) is 5.90. The van der Waals surface area contributed by atoms with Crippen LogP contribution in [0, 0.1) is 0 Å². The van der Waals surface area contributed by atoms with Gasteiger partial charge in [-0.2, -0.15) is 0 Å². The second-order valence-corrected chi connectivity index (χ2v) is 7.89. The summed E-state index contributed by atoms with van der Waals surface area (Å²) in [5, 5.41) is 0. The molecule has 1 aromatic carbocycles. The van der Waals surface area contributed by atoms with Crippen molar-refractivity contribution in [1.29, 1.82) is 0 Å². The molecule has 29 heavy (non-hydrogen) atoms. The van der Waals surface area contributed by atoms with Crippen LogP contribution in [0.15, 0.2) is 55.0 Å². The summed E-state index contributed by atoms with van der Waals surface area (Å²) in [6, 6.07) is 12.2. The van der Waals surface area contributed by atoms with Crippen molar-refractivity contribution >= 4 is 0 Å². The Kier molecular flexibility index (Phi) is 4.73. The number of nitrogens with zero attached hydrogens (tertiary/aromatic N) is 4. The second kappa shape index (κ2) is 7.54. The van der Waals surface area contributed by atoms with Crippen molar-refractivity contribution in [2.45, 2.75) is 25.0 Å². The van der Waals surface area contributed by atoms with Gasteiger partial charge in [-0.3, -0.25) is 9.88 Å². The minimum absolute atomic E-state index is 0.0770. The van der Waals surface area contributed by atoms with Crippen LogP contribution in [-0.4, -0.2) is 46.7 Å². The Labute approximate surface area is 170 Å². The van der Waals surface area contributed by atoms with E-state index in [1.165, 1.54) is 5.56 Å². The lowest BCUT2D eigenvalue weighted by atomic mass is 9.80. The molecule has 2 aliphatic rings. The molecule has 148 valence electrons. The number of fused-ring (bicyclic) bond motifs is 2. The maximum absolute atomic E-state index is 5.98. The van der Waals surface area contributed by atoms with Crippen LogP contribution >= 0.6 is 0 Å². The lowest BCUT2D eigenvalue weighted by Gasteiger charge is -2.34. The molecule has 0 aliphatic carbocycles. The summed E-state index contributed by atoms with van der Waals surface area (Å²) in [5.41, 5.74) is 4.38. The van der Waals surface area contributed by atoms with Gasteiger partial charge in [0.25, 0.3) is 0 Å². The van der Waals surface area contributed by atoms with Gasteiger partial charge in [-0.1, -0.05) is 12.1 Å². The van der Waals surface area contributed by atoms with E-state index in [1.54, 1.807) is 13.3 Å². The average molecular weight is 388 g/mol. The molecular formula is C23H24N4O2. The van der Waals surface area contributed by atoms with Gasteiger partial charge in [0.2, 0.25) is 0 Å². The third kappa shape index (κ3) is 3.50. The topological polar surface area (TPSA) is 60.4 Å². The molecule has 1 saturated heterocycles. The molecule has 2 aromatic heterocycles. The van der Waals surface area contributed by atoms with E-state index >= 15 is 0 Å². The first-order valence-corrected chi connectivity index (χ1v) is 9.96. The number of hydrogen-bond acceptors (Lipinski definition) is 6. The van der Waals surface area contributed by atoms with E-state index < -0.39 is 0 Å². The number of benzene rings is 1. The Morgan fingerprint density at radius 2 is 2.17 bits per heavy atom. The molecule has 4 heterocycles. The highest BCUT2D eigenvalue weighted by atomic mass is 16.5. The molecule has 0 amide bonds. The molecule has 5 rings (SSSR count). The zero-order chi connectivity index (χ0) is 19.7. The first kappa shape index (κ1) is 18.2. The van der Waals surface area contributed by atoms with E-state index in [0.29, 0.717) is 13.2 Å². The van der Waals surface area contributed by atoms with Gasteiger partial charge in [0.05, 0.1) is 31.4 Å². The summed E-state index contributed by atoms with van der Waals surface area (Å²) < 4.78 is 11.3. The van der Waals surface area contributed by atoms with Crippen molar-refractivity contribution < 1.29 is 9.47 Å². The lowest BCUT2D eigenvalue weighted by molar-refractivity contribution is 0.0503. The van der Waals surface area contributed by atoms with E-state index in [0.717, 1.165) is 54.4 Å². The van der Waals surface area contributed by atoms with E-state index in [4.69, 9.17) is 14.5 Å². The highest BCUT2D eigenvalue weighted by Gasteiger charge is 2.44. The van der Waals surface area contributed by atoms with Crippen LogP contribution in [0.5, 0.6) is 5.75 Å². The van der Waals surface area contributed by atoms with Crippen LogP contribution < -0.4 is 4.74 Å². The number of methoxy groups -OCH3 is 1. The Morgan fingerprint density at radius 3 is 3.03 bits per heavy atom. The standard InChI is InChI=1S/C23H24N4O2/c1-28-20-6-2-4-17(10-20)13-27-9-7-23(15-27)16-29-14-19-12-25-22(26-21(19)23)18-5-3-8-24-11-18/h2-6,8,10-12H,7,9,13-16H2,1H3/t23-/m1/s1. The molecule has 2 aliphatic heterocycles. The van der Waals surface area contributed by atoms with Crippen molar-refractivity contribution in [3.63, 3.8) is 0 Å². The van der Waals surface area contributed by atoms with Gasteiger partial charge in [-0.15, -0.1) is 0 Å². The van der Waals surface area contributed by atoms with E-state index in [9.17, 15) is 0 Å². The fraction of sp³-hybridized carbons (Fsp3) is 0.348. The summed E-state index contributed by atoms with van der Waals surface area (Å²) in [7, 11) is 1.71. The molecule has 0 N–H and O–H groups in total. The quantitative estimate of drug-likeness (QED) is 0.684. The molecule has 3 aromatic rings. The van der Waals surface area contributed by atoms with Crippen molar-refractivity contribution in [2.24, 2.45) is 0 Å². The van der Waals surface area contributed by atoms with Crippen LogP contribution in [0.25, 0.3) is 11.4 Å². The maximum atomic E-state index is 5.98. The summed E-state index contributed by atoms with van der Waals surface area (Å²) in [6.07, 6.45) is 6.55. The number of rotatable bonds is 4. The second-order valence-electron chi connectivity index (χ2n) is 7.89. The monoisotopic (exact) mass is 388 g/mol. The minimum Gasteiger partial charge on any atom is -0.497 e. The Balaban J connectivity index is 1.42. The number of likely N-dealkylation sites (tertiary alicyclic amines) is 1. The molecule has 0 unspecified atom stereocenters. The molecule has 1 atom stereocenters. The molecule has 1 fully saturated rings. The molecular weight excluding hydrogens is 364 g/mol. The molecule has 0 saturated carbocycles. The Bertz CT molecular complexity index is 1010. The van der Waals surface area contributed by atoms with E-state index in [1.807, 2.05) is 36.7 Å². The number of hydrogen-bond donors (Lipinski definition) is 0. The number of pyridine rings is 1. The van der Waals surface area contributed by atoms with Gasteiger partial charge in [-0.05, 0) is 42.8 Å². The smallest absolute Gasteiger partial charge is 0.160 e. The zero-order valence-corrected chi connectivity index (χ0v) is 16.5. The van der Waals surface area contributed by atoms with Crippen LogP contribution in [-0.2, 0) is 23.3 Å². The van der Waals surface area contributed by atoms with Gasteiger partial charge in [0, 0.05) is 42.8 Å². The van der Waals surface area contributed by atoms with Crippen LogP contribution in [0.2, 0.25) is 0 Å². The van der Waals surface area contributed by atoms with Gasteiger partial charge in [0.15, 0.2) is 5.82 Å². The zero-order valence-electron chi connectivity index (χ0n) is 16.5. The largest absolute Gasteiger partial charge is 0.497 e. The SMILES string of the molecule is COc1cccc(CN2CC[C@]3(COCc4cnc(-c5cccnc5)nc43)C2)c1. The number of aromatic nitrogens is 3. The summed E-state index contributed by atoms with van der Waals surface area (Å²) in [5.74, 6) is 1.64. The highest BCUT2D eigenvalue weighted by molar-refractivity contribution is 5.54. The predicted octanol–water partition coefficient (Wildman–Crippen LogP) is 3.22. The van der Waals surface area contributed by atoms with E-state index in [-0.39, 0.29) is 5.41 Å². The van der Waals surface area contributed by atoms with Gasteiger partial charge in [-0.25, -0.2) is 9.97 Å². The van der Waals surface area contributed by atoms with Crippen LogP contribution in [0.1, 0.15) is 23.2 Å². The Morgan fingerprint density at radius 1 is 1.21 bits per heavy atom. The van der Waals surface area contributed by atoms with Gasteiger partial charge < -0.3 is 9.47 Å². The normalized spacial score (nSPS) is 21.3. The fourth-order valence-electron chi connectivity index (χ4n) is 4.46. The van der Waals surface area contributed by atoms with E-state index in [2.05, 4.69) is 27.0 Å². The van der Waals surface area contributed by atoms with Crippen molar-refractivity contribution in [1.82, 2.24) is 19.9 Å². The highest BCUT2D eigenvalue weighted by Crippen LogP contribution is 2.40. The number of ether oxygens (including phenoxy) is 2. The summed E-state index contributed by atoms with van der Waals surface area (Å²) in [6.45, 7) is 4.14. The van der Waals surface area contributed by atoms with Gasteiger partial charge >= 0.3 is 0 Å². The molecule has 0 bridgehead atoms. The van der Waals surface area contributed by atoms with Gasteiger partial charge in [0.1, 0.15) is 5.75 Å². The van der Waals surface area contributed by atoms with Crippen LogP contribution in [0.3, 0.4) is 0 Å². The molecule has 0 radical (unpaired) electrons. The van der Waals surface area contributed by atoms with Crippen LogP contribution in [0.4, 0.5) is 0 Å². The maximum Gasteiger partial charge on any atom is 0.160 e.